The van der Waals surface area contributed by atoms with E-state index >= 15 is 0 Å². The summed E-state index contributed by atoms with van der Waals surface area (Å²) in [5.41, 5.74) is 7.79. The highest BCUT2D eigenvalue weighted by Crippen LogP contribution is 2.46. The summed E-state index contributed by atoms with van der Waals surface area (Å²) >= 11 is 13.2. The number of hydrogen-bond acceptors (Lipinski definition) is 8. The van der Waals surface area contributed by atoms with Crippen molar-refractivity contribution in [3.05, 3.63) is 40.5 Å². The molecule has 1 saturated heterocycles. The van der Waals surface area contributed by atoms with Crippen LogP contribution in [0.3, 0.4) is 0 Å². The summed E-state index contributed by atoms with van der Waals surface area (Å²) in [6, 6.07) is 6.78. The molecule has 1 aromatic heterocycles. The number of anilines is 1. The van der Waals surface area contributed by atoms with Gasteiger partial charge in [0.15, 0.2) is 0 Å². The molecular formula is C25H29Cl2N5O4. The van der Waals surface area contributed by atoms with Crippen molar-refractivity contribution in [2.24, 2.45) is 5.73 Å². The molecule has 3 aromatic rings. The number of nitrogens with two attached hydrogens (primary N) is 1. The lowest BCUT2D eigenvalue weighted by atomic mass is 10.0. The zero-order valence-electron chi connectivity index (χ0n) is 20.8. The quantitative estimate of drug-likeness (QED) is 0.472. The third kappa shape index (κ3) is 5.38. The third-order valence-electron chi connectivity index (χ3n) is 5.77. The third-order valence-corrected chi connectivity index (χ3v) is 6.52. The second-order valence-corrected chi connectivity index (χ2v) is 10.3. The molecule has 1 amide bonds. The largest absolute Gasteiger partial charge is 0.495 e. The highest BCUT2D eigenvalue weighted by molar-refractivity contribution is 6.41. The summed E-state index contributed by atoms with van der Waals surface area (Å²) in [5, 5.41) is 4.81. The van der Waals surface area contributed by atoms with Crippen molar-refractivity contribution in [2.45, 2.75) is 38.5 Å². The van der Waals surface area contributed by atoms with Crippen molar-refractivity contribution < 1.29 is 19.0 Å². The predicted molar refractivity (Wildman–Crippen MR) is 141 cm³/mol. The van der Waals surface area contributed by atoms with Gasteiger partial charge in [-0.3, -0.25) is 0 Å². The molecule has 2 heterocycles. The molecule has 1 aliphatic rings. The normalized spacial score (nSPS) is 17.8. The summed E-state index contributed by atoms with van der Waals surface area (Å²) in [7, 11) is 3.06. The Morgan fingerprint density at radius 2 is 1.78 bits per heavy atom. The molecule has 9 nitrogen and oxygen atoms in total. The average Bonchev–Trinajstić information content (AvgIpc) is 3.18. The predicted octanol–water partition coefficient (Wildman–Crippen LogP) is 4.98. The molecule has 36 heavy (non-hydrogen) atoms. The van der Waals surface area contributed by atoms with E-state index in [0.717, 1.165) is 10.9 Å². The number of fused-ring (bicyclic) bond motifs is 1. The number of carbonyl (C=O) groups is 1. The van der Waals surface area contributed by atoms with Crippen LogP contribution in [0.5, 0.6) is 11.5 Å². The summed E-state index contributed by atoms with van der Waals surface area (Å²) < 4.78 is 16.2. The van der Waals surface area contributed by atoms with E-state index in [0.29, 0.717) is 51.7 Å². The van der Waals surface area contributed by atoms with E-state index in [1.165, 1.54) is 14.2 Å². The van der Waals surface area contributed by atoms with Crippen LogP contribution >= 0.6 is 23.2 Å². The number of nitrogens with one attached hydrogen (secondary N) is 1. The number of hydrogen-bond donors (Lipinski definition) is 2. The van der Waals surface area contributed by atoms with Crippen LogP contribution in [0, 0.1) is 0 Å². The highest BCUT2D eigenvalue weighted by Gasteiger charge is 2.35. The molecule has 0 spiro atoms. The van der Waals surface area contributed by atoms with Gasteiger partial charge in [0.05, 0.1) is 35.8 Å². The van der Waals surface area contributed by atoms with Crippen LogP contribution in [-0.4, -0.2) is 66.0 Å². The van der Waals surface area contributed by atoms with Gasteiger partial charge in [0, 0.05) is 42.3 Å². The smallest absolute Gasteiger partial charge is 0.410 e. The van der Waals surface area contributed by atoms with E-state index in [1.807, 2.05) is 39.0 Å². The Morgan fingerprint density at radius 3 is 2.39 bits per heavy atom. The van der Waals surface area contributed by atoms with Gasteiger partial charge in [-0.2, -0.15) is 0 Å². The molecule has 2 aromatic carbocycles. The Kier molecular flexibility index (Phi) is 7.36. The van der Waals surface area contributed by atoms with Crippen LogP contribution in [0.1, 0.15) is 20.8 Å². The van der Waals surface area contributed by atoms with Gasteiger partial charge in [-0.15, -0.1) is 0 Å². The summed E-state index contributed by atoms with van der Waals surface area (Å²) in [6.45, 7) is 6.27. The Labute approximate surface area is 219 Å². The zero-order chi connectivity index (χ0) is 26.2. The number of aromatic nitrogens is 2. The Hall–Kier alpha value is -3.01. The minimum atomic E-state index is -0.572. The summed E-state index contributed by atoms with van der Waals surface area (Å²) in [6.07, 6.45) is 1.32. The van der Waals surface area contributed by atoms with Gasteiger partial charge in [0.1, 0.15) is 17.1 Å². The van der Waals surface area contributed by atoms with Gasteiger partial charge < -0.3 is 30.2 Å². The van der Waals surface area contributed by atoms with Gasteiger partial charge in [-0.1, -0.05) is 29.3 Å². The number of ether oxygens (including phenoxy) is 3. The van der Waals surface area contributed by atoms with Crippen LogP contribution in [-0.2, 0) is 4.74 Å². The average molecular weight is 534 g/mol. The van der Waals surface area contributed by atoms with E-state index < -0.39 is 5.60 Å². The minimum Gasteiger partial charge on any atom is -0.495 e. The molecule has 0 radical (unpaired) electrons. The van der Waals surface area contributed by atoms with Crippen LogP contribution in [0.15, 0.2) is 30.5 Å². The second-order valence-electron chi connectivity index (χ2n) is 9.55. The van der Waals surface area contributed by atoms with E-state index in [-0.39, 0.29) is 18.2 Å². The lowest BCUT2D eigenvalue weighted by Gasteiger charge is -2.24. The lowest BCUT2D eigenvalue weighted by molar-refractivity contribution is 0.0291. The molecular weight excluding hydrogens is 505 g/mol. The molecule has 0 aliphatic carbocycles. The number of carbonyl (C=O) groups excluding carboxylic acids is 1. The van der Waals surface area contributed by atoms with Gasteiger partial charge in [0.2, 0.25) is 5.95 Å². The molecule has 3 N–H and O–H groups in total. The Balaban J connectivity index is 1.56. The van der Waals surface area contributed by atoms with E-state index in [9.17, 15) is 4.79 Å². The van der Waals surface area contributed by atoms with E-state index in [2.05, 4.69) is 15.3 Å². The molecule has 1 unspecified atom stereocenters. The molecule has 11 heteroatoms. The number of methoxy groups -OCH3 is 2. The van der Waals surface area contributed by atoms with Crippen molar-refractivity contribution in [3.8, 4) is 22.6 Å². The van der Waals surface area contributed by atoms with Crippen molar-refractivity contribution in [2.75, 3.05) is 32.6 Å². The number of rotatable bonds is 5. The van der Waals surface area contributed by atoms with Gasteiger partial charge in [-0.25, -0.2) is 14.8 Å². The van der Waals surface area contributed by atoms with Crippen LogP contribution < -0.4 is 20.5 Å². The molecule has 192 valence electrons. The standard InChI is InChI=1S/C25H29Cl2N5O4/c1-25(2,3)36-24(33)32-11-15(28)17(12-32)31-23-29-10-14-8-13(6-7-16(14)30-23)20-21(26)18(34-4)9-19(35-5)22(20)27/h6-10,15,17H,11-12,28H2,1-5H3,(H,29,30,31)/t15-,17?/m0/s1. The van der Waals surface area contributed by atoms with E-state index in [4.69, 9.17) is 43.1 Å². The van der Waals surface area contributed by atoms with Crippen LogP contribution in [0.25, 0.3) is 22.0 Å². The summed E-state index contributed by atoms with van der Waals surface area (Å²) in [5.74, 6) is 1.33. The van der Waals surface area contributed by atoms with Crippen LogP contribution in [0.2, 0.25) is 10.0 Å². The molecule has 1 aliphatic heterocycles. The van der Waals surface area contributed by atoms with Gasteiger partial charge in [0.25, 0.3) is 0 Å². The van der Waals surface area contributed by atoms with Gasteiger partial charge >= 0.3 is 6.09 Å². The maximum Gasteiger partial charge on any atom is 0.410 e. The monoisotopic (exact) mass is 533 g/mol. The first-order valence-corrected chi connectivity index (χ1v) is 12.1. The fourth-order valence-corrected chi connectivity index (χ4v) is 4.74. The first kappa shape index (κ1) is 26.1. The van der Waals surface area contributed by atoms with Crippen LogP contribution in [0.4, 0.5) is 10.7 Å². The first-order chi connectivity index (χ1) is 17.0. The molecule has 2 atom stereocenters. The fourth-order valence-electron chi connectivity index (χ4n) is 4.02. The lowest BCUT2D eigenvalue weighted by Crippen LogP contribution is -2.39. The summed E-state index contributed by atoms with van der Waals surface area (Å²) in [4.78, 5) is 23.1. The fraction of sp³-hybridized carbons (Fsp3) is 0.400. The van der Waals surface area contributed by atoms with Crippen molar-refractivity contribution in [1.82, 2.24) is 14.9 Å². The highest BCUT2D eigenvalue weighted by atomic mass is 35.5. The molecule has 4 rings (SSSR count). The minimum absolute atomic E-state index is 0.212. The Morgan fingerprint density at radius 1 is 1.11 bits per heavy atom. The number of benzene rings is 2. The topological polar surface area (TPSA) is 112 Å². The molecule has 0 saturated carbocycles. The first-order valence-electron chi connectivity index (χ1n) is 11.4. The van der Waals surface area contributed by atoms with Gasteiger partial charge in [-0.05, 0) is 38.5 Å². The Bertz CT molecular complexity index is 1270. The number of halogens is 2. The maximum atomic E-state index is 12.4. The SMILES string of the molecule is COc1cc(OC)c(Cl)c(-c2ccc3nc(NC4CN(C(=O)OC(C)(C)C)C[C@@H]4N)ncc3c2)c1Cl. The molecule has 0 bridgehead atoms. The maximum absolute atomic E-state index is 12.4. The zero-order valence-corrected chi connectivity index (χ0v) is 22.3. The van der Waals surface area contributed by atoms with Crippen molar-refractivity contribution >= 4 is 46.1 Å². The van der Waals surface area contributed by atoms with Crippen molar-refractivity contribution in [3.63, 3.8) is 0 Å². The number of likely N-dealkylation sites (tertiary alicyclic amines) is 1. The second kappa shape index (κ2) is 10.2. The van der Waals surface area contributed by atoms with Crippen molar-refractivity contribution in [1.29, 1.82) is 0 Å². The molecule has 1 fully saturated rings. The number of amides is 1. The van der Waals surface area contributed by atoms with E-state index in [1.54, 1.807) is 17.2 Å². The number of nitrogens with zero attached hydrogens (tertiary/aromatic N) is 3.